The first kappa shape index (κ1) is 25.8. The molecule has 3 aromatic rings. The molecular weight excluding hydrogens is 516 g/mol. The molecule has 0 heterocycles. The van der Waals surface area contributed by atoms with Crippen LogP contribution in [0.5, 0.6) is 5.75 Å². The van der Waals surface area contributed by atoms with Gasteiger partial charge in [0.1, 0.15) is 5.75 Å². The second-order valence-electron chi connectivity index (χ2n) is 9.12. The van der Waals surface area contributed by atoms with Gasteiger partial charge in [0.15, 0.2) is 6.61 Å². The van der Waals surface area contributed by atoms with E-state index in [1.165, 1.54) is 12.1 Å². The molecule has 0 aliphatic carbocycles. The molecule has 34 heavy (non-hydrogen) atoms. The van der Waals surface area contributed by atoms with Gasteiger partial charge in [0, 0.05) is 15.7 Å². The molecule has 0 aromatic heterocycles. The number of anilines is 2. The van der Waals surface area contributed by atoms with Crippen molar-refractivity contribution in [2.24, 2.45) is 0 Å². The van der Waals surface area contributed by atoms with Crippen LogP contribution in [0, 0.1) is 13.8 Å². The van der Waals surface area contributed by atoms with Gasteiger partial charge in [-0.15, -0.1) is 0 Å². The van der Waals surface area contributed by atoms with Crippen LogP contribution in [0.2, 0.25) is 0 Å². The van der Waals surface area contributed by atoms with Gasteiger partial charge in [0.25, 0.3) is 15.9 Å². The number of hydrogen-bond acceptors (Lipinski definition) is 4. The summed E-state index contributed by atoms with van der Waals surface area (Å²) in [7, 11) is -3.76. The average Bonchev–Trinajstić information content (AvgIpc) is 2.75. The van der Waals surface area contributed by atoms with E-state index in [0.717, 1.165) is 21.2 Å². The summed E-state index contributed by atoms with van der Waals surface area (Å²) in [6.45, 7) is 9.76. The van der Waals surface area contributed by atoms with Crippen molar-refractivity contribution < 1.29 is 17.9 Å². The van der Waals surface area contributed by atoms with Crippen LogP contribution in [0.4, 0.5) is 11.4 Å². The fourth-order valence-corrected chi connectivity index (χ4v) is 5.00. The number of aryl methyl sites for hydroxylation is 2. The number of halogens is 1. The first-order valence-electron chi connectivity index (χ1n) is 10.8. The Labute approximate surface area is 209 Å². The zero-order chi connectivity index (χ0) is 25.1. The van der Waals surface area contributed by atoms with E-state index in [1.54, 1.807) is 12.1 Å². The molecule has 0 aliphatic heterocycles. The minimum absolute atomic E-state index is 0.106. The number of hydrogen-bond donors (Lipinski definition) is 2. The number of carbonyl (C=O) groups excluding carboxylic acids is 1. The summed E-state index contributed by atoms with van der Waals surface area (Å²) in [6, 6.07) is 17.3. The van der Waals surface area contributed by atoms with Crippen molar-refractivity contribution in [1.29, 1.82) is 0 Å². The van der Waals surface area contributed by atoms with Crippen LogP contribution in [0.25, 0.3) is 0 Å². The fourth-order valence-electron chi connectivity index (χ4n) is 3.44. The number of para-hydroxylation sites is 1. The van der Waals surface area contributed by atoms with E-state index in [0.29, 0.717) is 17.1 Å². The topological polar surface area (TPSA) is 84.5 Å². The summed E-state index contributed by atoms with van der Waals surface area (Å²) >= 11 is 3.48. The van der Waals surface area contributed by atoms with E-state index < -0.39 is 10.0 Å². The quantitative estimate of drug-likeness (QED) is 0.371. The standard InChI is InChI=1S/C26H29BrN2O4S/c1-17-7-6-8-18(2)25(17)29-34(31,32)21-12-10-20(11-13-21)28-24(30)16-33-23-14-9-19(27)15-22(23)26(3,4)5/h6-15,29H,16H2,1-5H3,(H,28,30). The Kier molecular flexibility index (Phi) is 7.73. The first-order valence-corrected chi connectivity index (χ1v) is 13.1. The second-order valence-corrected chi connectivity index (χ2v) is 11.7. The van der Waals surface area contributed by atoms with Crippen LogP contribution < -0.4 is 14.8 Å². The van der Waals surface area contributed by atoms with E-state index in [1.807, 2.05) is 50.2 Å². The van der Waals surface area contributed by atoms with E-state index in [9.17, 15) is 13.2 Å². The average molecular weight is 545 g/mol. The summed E-state index contributed by atoms with van der Waals surface area (Å²) in [5, 5.41) is 2.74. The lowest BCUT2D eigenvalue weighted by molar-refractivity contribution is -0.118. The third-order valence-corrected chi connectivity index (χ3v) is 7.13. The van der Waals surface area contributed by atoms with Gasteiger partial charge in [0.2, 0.25) is 0 Å². The number of benzene rings is 3. The second kappa shape index (κ2) is 10.2. The van der Waals surface area contributed by atoms with E-state index >= 15 is 0 Å². The van der Waals surface area contributed by atoms with Crippen LogP contribution in [0.1, 0.15) is 37.5 Å². The highest BCUT2D eigenvalue weighted by molar-refractivity contribution is 9.10. The first-order chi connectivity index (χ1) is 15.9. The highest BCUT2D eigenvalue weighted by atomic mass is 79.9. The number of carbonyl (C=O) groups is 1. The minimum atomic E-state index is -3.76. The predicted molar refractivity (Wildman–Crippen MR) is 140 cm³/mol. The fraction of sp³-hybridized carbons (Fsp3) is 0.269. The van der Waals surface area contributed by atoms with Gasteiger partial charge in [-0.25, -0.2) is 8.42 Å². The number of rotatable bonds is 7. The van der Waals surface area contributed by atoms with Crippen molar-refractivity contribution in [1.82, 2.24) is 0 Å². The zero-order valence-electron chi connectivity index (χ0n) is 19.9. The Morgan fingerprint density at radius 3 is 2.18 bits per heavy atom. The molecule has 0 unspecified atom stereocenters. The lowest BCUT2D eigenvalue weighted by atomic mass is 9.86. The summed E-state index contributed by atoms with van der Waals surface area (Å²) in [5.74, 6) is 0.303. The minimum Gasteiger partial charge on any atom is -0.483 e. The molecule has 0 spiro atoms. The Bertz CT molecular complexity index is 1280. The maximum atomic E-state index is 12.8. The van der Waals surface area contributed by atoms with Gasteiger partial charge in [-0.2, -0.15) is 0 Å². The van der Waals surface area contributed by atoms with Gasteiger partial charge in [-0.1, -0.05) is 54.9 Å². The van der Waals surface area contributed by atoms with Crippen LogP contribution in [0.15, 0.2) is 70.0 Å². The Hall–Kier alpha value is -2.84. The largest absolute Gasteiger partial charge is 0.483 e. The molecule has 0 fully saturated rings. The number of sulfonamides is 1. The number of ether oxygens (including phenoxy) is 1. The molecule has 0 bridgehead atoms. The molecule has 180 valence electrons. The highest BCUT2D eigenvalue weighted by Crippen LogP contribution is 2.33. The smallest absolute Gasteiger partial charge is 0.262 e. The van der Waals surface area contributed by atoms with Crippen LogP contribution in [-0.4, -0.2) is 20.9 Å². The molecule has 0 radical (unpaired) electrons. The van der Waals surface area contributed by atoms with Gasteiger partial charge >= 0.3 is 0 Å². The van der Waals surface area contributed by atoms with Crippen LogP contribution in [-0.2, 0) is 20.2 Å². The summed E-state index contributed by atoms with van der Waals surface area (Å²) < 4.78 is 35.0. The van der Waals surface area contributed by atoms with Crippen LogP contribution >= 0.6 is 15.9 Å². The van der Waals surface area contributed by atoms with Gasteiger partial charge < -0.3 is 10.1 Å². The van der Waals surface area contributed by atoms with Crippen LogP contribution in [0.3, 0.4) is 0 Å². The van der Waals surface area contributed by atoms with E-state index in [2.05, 4.69) is 46.7 Å². The monoisotopic (exact) mass is 544 g/mol. The van der Waals surface area contributed by atoms with E-state index in [-0.39, 0.29) is 22.8 Å². The Morgan fingerprint density at radius 2 is 1.59 bits per heavy atom. The molecule has 6 nitrogen and oxygen atoms in total. The lowest BCUT2D eigenvalue weighted by Gasteiger charge is -2.23. The SMILES string of the molecule is Cc1cccc(C)c1NS(=O)(=O)c1ccc(NC(=O)COc2ccc(Br)cc2C(C)(C)C)cc1. The predicted octanol–water partition coefficient (Wildman–Crippen LogP) is 6.18. The van der Waals surface area contributed by atoms with Crippen molar-refractivity contribution in [2.45, 2.75) is 44.9 Å². The number of nitrogens with one attached hydrogen (secondary N) is 2. The van der Waals surface area contributed by atoms with Crippen molar-refractivity contribution in [3.63, 3.8) is 0 Å². The van der Waals surface area contributed by atoms with Crippen molar-refractivity contribution in [3.8, 4) is 5.75 Å². The molecule has 8 heteroatoms. The summed E-state index contributed by atoms with van der Waals surface area (Å²) in [4.78, 5) is 12.5. The maximum Gasteiger partial charge on any atom is 0.262 e. The van der Waals surface area contributed by atoms with E-state index in [4.69, 9.17) is 4.74 Å². The highest BCUT2D eigenvalue weighted by Gasteiger charge is 2.20. The molecule has 0 saturated carbocycles. The van der Waals surface area contributed by atoms with Crippen molar-refractivity contribution in [3.05, 3.63) is 81.8 Å². The normalized spacial score (nSPS) is 11.7. The molecular formula is C26H29BrN2O4S. The maximum absolute atomic E-state index is 12.8. The van der Waals surface area contributed by atoms with Gasteiger partial charge in [-0.3, -0.25) is 9.52 Å². The molecule has 0 saturated heterocycles. The Balaban J connectivity index is 1.65. The van der Waals surface area contributed by atoms with Crippen molar-refractivity contribution in [2.75, 3.05) is 16.6 Å². The molecule has 0 atom stereocenters. The third kappa shape index (κ3) is 6.39. The molecule has 2 N–H and O–H groups in total. The third-order valence-electron chi connectivity index (χ3n) is 5.27. The lowest BCUT2D eigenvalue weighted by Crippen LogP contribution is -2.22. The van der Waals surface area contributed by atoms with Gasteiger partial charge in [-0.05, 0) is 72.9 Å². The summed E-state index contributed by atoms with van der Waals surface area (Å²) in [6.07, 6.45) is 0. The van der Waals surface area contributed by atoms with Gasteiger partial charge in [0.05, 0.1) is 10.6 Å². The zero-order valence-corrected chi connectivity index (χ0v) is 22.3. The number of amides is 1. The molecule has 1 amide bonds. The summed E-state index contributed by atoms with van der Waals surface area (Å²) in [5.41, 5.74) is 3.56. The Morgan fingerprint density at radius 1 is 0.971 bits per heavy atom. The molecule has 3 rings (SSSR count). The molecule has 0 aliphatic rings. The molecule has 3 aromatic carbocycles. The van der Waals surface area contributed by atoms with Crippen molar-refractivity contribution >= 4 is 43.2 Å².